The fourth-order valence-electron chi connectivity index (χ4n) is 1.90. The number of hydrogen-bond acceptors (Lipinski definition) is 8. The van der Waals surface area contributed by atoms with E-state index in [1.807, 2.05) is 0 Å². The Morgan fingerprint density at radius 1 is 1.17 bits per heavy atom. The third-order valence-electron chi connectivity index (χ3n) is 3.21. The van der Waals surface area contributed by atoms with Crippen molar-refractivity contribution in [3.63, 3.8) is 0 Å². The van der Waals surface area contributed by atoms with Gasteiger partial charge in [-0.2, -0.15) is 0 Å². The molecule has 1 heterocycles. The summed E-state index contributed by atoms with van der Waals surface area (Å²) in [7, 11) is 0. The van der Waals surface area contributed by atoms with Gasteiger partial charge in [0.2, 0.25) is 0 Å². The molecule has 1 saturated heterocycles. The number of rotatable bonds is 4. The normalized spacial score (nSPS) is 40.3. The monoisotopic (exact) mass is 266 g/mol. The van der Waals surface area contributed by atoms with Crippen LogP contribution in [0.4, 0.5) is 0 Å². The number of Topliss-reactive ketones (excluding diaryl/α,β-unsaturated/α-hetero) is 1. The number of aliphatic hydroxyl groups is 6. The van der Waals surface area contributed by atoms with Gasteiger partial charge in [-0.15, -0.1) is 0 Å². The van der Waals surface area contributed by atoms with E-state index >= 15 is 0 Å². The molecule has 0 amide bonds. The van der Waals surface area contributed by atoms with E-state index in [4.69, 9.17) is 14.9 Å². The first-order valence-electron chi connectivity index (χ1n) is 5.44. The second-order valence-electron chi connectivity index (χ2n) is 4.39. The van der Waals surface area contributed by atoms with Gasteiger partial charge in [-0.1, -0.05) is 0 Å². The second kappa shape index (κ2) is 5.57. The Labute approximate surface area is 103 Å². The molecule has 0 saturated carbocycles. The molecule has 0 aromatic carbocycles. The van der Waals surface area contributed by atoms with Gasteiger partial charge < -0.3 is 35.4 Å². The van der Waals surface area contributed by atoms with Crippen molar-refractivity contribution in [1.29, 1.82) is 0 Å². The molecular formula is C10H18O8. The molecule has 0 aromatic rings. The highest BCUT2D eigenvalue weighted by Gasteiger charge is 2.54. The van der Waals surface area contributed by atoms with E-state index in [9.17, 15) is 25.2 Å². The van der Waals surface area contributed by atoms with Gasteiger partial charge >= 0.3 is 0 Å². The van der Waals surface area contributed by atoms with E-state index in [2.05, 4.69) is 0 Å². The highest BCUT2D eigenvalue weighted by Crippen LogP contribution is 2.28. The summed E-state index contributed by atoms with van der Waals surface area (Å²) in [5.74, 6) is -0.866. The minimum absolute atomic E-state index is 0.680. The van der Waals surface area contributed by atoms with Crippen molar-refractivity contribution < 1.29 is 40.2 Å². The maximum Gasteiger partial charge on any atom is 0.174 e. The molecule has 106 valence electrons. The Balaban J connectivity index is 3.04. The number of carbonyl (C=O) groups excluding carboxylic acids is 1. The van der Waals surface area contributed by atoms with Crippen molar-refractivity contribution in [2.75, 3.05) is 13.2 Å². The Kier molecular flexibility index (Phi) is 4.78. The Bertz CT molecular complexity index is 306. The molecule has 1 rings (SSSR count). The van der Waals surface area contributed by atoms with Crippen molar-refractivity contribution in [1.82, 2.24) is 0 Å². The highest BCUT2D eigenvalue weighted by atomic mass is 16.6. The number of ether oxygens (including phenoxy) is 1. The van der Waals surface area contributed by atoms with Crippen molar-refractivity contribution in [2.24, 2.45) is 0 Å². The summed E-state index contributed by atoms with van der Waals surface area (Å²) in [6.07, 6.45) is -7.96. The fourth-order valence-corrected chi connectivity index (χ4v) is 1.90. The fraction of sp³-hybridized carbons (Fsp3) is 0.900. The molecular weight excluding hydrogens is 248 g/mol. The molecule has 0 radical (unpaired) electrons. The van der Waals surface area contributed by atoms with Crippen LogP contribution in [0.25, 0.3) is 0 Å². The van der Waals surface area contributed by atoms with E-state index in [0.717, 1.165) is 6.92 Å². The van der Waals surface area contributed by atoms with Gasteiger partial charge in [0, 0.05) is 0 Å². The molecule has 0 aliphatic carbocycles. The van der Waals surface area contributed by atoms with E-state index < -0.39 is 55.1 Å². The molecule has 6 N–H and O–H groups in total. The molecule has 2 unspecified atom stereocenters. The van der Waals surface area contributed by atoms with E-state index in [1.165, 1.54) is 0 Å². The van der Waals surface area contributed by atoms with Crippen LogP contribution >= 0.6 is 0 Å². The summed E-state index contributed by atoms with van der Waals surface area (Å²) in [5.41, 5.74) is -2.41. The molecule has 0 bridgehead atoms. The minimum atomic E-state index is -2.41. The third kappa shape index (κ3) is 2.41. The van der Waals surface area contributed by atoms with Crippen LogP contribution in [0, 0.1) is 0 Å². The average molecular weight is 266 g/mol. The molecule has 8 nitrogen and oxygen atoms in total. The van der Waals surface area contributed by atoms with Crippen LogP contribution in [0.15, 0.2) is 0 Å². The van der Waals surface area contributed by atoms with Gasteiger partial charge in [0.05, 0.1) is 13.2 Å². The molecule has 0 spiro atoms. The van der Waals surface area contributed by atoms with Gasteiger partial charge in [-0.05, 0) is 6.92 Å². The maximum atomic E-state index is 11.3. The smallest absolute Gasteiger partial charge is 0.174 e. The second-order valence-corrected chi connectivity index (χ2v) is 4.39. The SMILES string of the molecule is CC(=O)C(O)(CO)C1O[C@H](CO)[C@H](O)[C@H](O)[C@H]1O. The van der Waals surface area contributed by atoms with Crippen molar-refractivity contribution in [3.8, 4) is 0 Å². The van der Waals surface area contributed by atoms with Crippen molar-refractivity contribution in [2.45, 2.75) is 43.0 Å². The maximum absolute atomic E-state index is 11.3. The van der Waals surface area contributed by atoms with Gasteiger partial charge in [-0.3, -0.25) is 4.79 Å². The molecule has 6 atom stereocenters. The molecule has 1 fully saturated rings. The van der Waals surface area contributed by atoms with Crippen LogP contribution in [0.2, 0.25) is 0 Å². The quantitative estimate of drug-likeness (QED) is 0.303. The lowest BCUT2D eigenvalue weighted by Gasteiger charge is -2.45. The standard InChI is InChI=1S/C10H18O8/c1-4(13)10(17,3-12)9-8(16)7(15)6(14)5(2-11)18-9/h5-9,11-12,14-17H,2-3H2,1H3/t5-,6+,7+,8-,9?,10?/m1/s1. The Hall–Kier alpha value is -0.610. The lowest BCUT2D eigenvalue weighted by molar-refractivity contribution is -0.269. The third-order valence-corrected chi connectivity index (χ3v) is 3.21. The van der Waals surface area contributed by atoms with Crippen molar-refractivity contribution >= 4 is 5.78 Å². The van der Waals surface area contributed by atoms with E-state index in [0.29, 0.717) is 0 Å². The van der Waals surface area contributed by atoms with Crippen LogP contribution in [-0.4, -0.2) is 85.8 Å². The summed E-state index contributed by atoms with van der Waals surface area (Å²) in [4.78, 5) is 11.3. The van der Waals surface area contributed by atoms with Crippen LogP contribution in [0.1, 0.15) is 6.92 Å². The van der Waals surface area contributed by atoms with Gasteiger partial charge in [0.1, 0.15) is 30.5 Å². The minimum Gasteiger partial charge on any atom is -0.394 e. The lowest BCUT2D eigenvalue weighted by Crippen LogP contribution is -2.68. The van der Waals surface area contributed by atoms with Crippen LogP contribution in [-0.2, 0) is 9.53 Å². The topological polar surface area (TPSA) is 148 Å². The van der Waals surface area contributed by atoms with Crippen LogP contribution in [0.3, 0.4) is 0 Å². The molecule has 18 heavy (non-hydrogen) atoms. The summed E-state index contributed by atoms with van der Waals surface area (Å²) in [6, 6.07) is 0. The largest absolute Gasteiger partial charge is 0.394 e. The average Bonchev–Trinajstić information content (AvgIpc) is 2.35. The molecule has 0 aromatic heterocycles. The Morgan fingerprint density at radius 2 is 1.72 bits per heavy atom. The predicted molar refractivity (Wildman–Crippen MR) is 56.5 cm³/mol. The number of aliphatic hydroxyl groups excluding tert-OH is 5. The van der Waals surface area contributed by atoms with Crippen LogP contribution in [0.5, 0.6) is 0 Å². The number of hydrogen-bond donors (Lipinski definition) is 6. The first-order valence-corrected chi connectivity index (χ1v) is 5.44. The Morgan fingerprint density at radius 3 is 2.11 bits per heavy atom. The zero-order valence-corrected chi connectivity index (χ0v) is 9.80. The molecule has 8 heteroatoms. The van der Waals surface area contributed by atoms with Gasteiger partial charge in [-0.25, -0.2) is 0 Å². The summed E-state index contributed by atoms with van der Waals surface area (Å²) >= 11 is 0. The first kappa shape index (κ1) is 15.4. The predicted octanol–water partition coefficient (Wildman–Crippen LogP) is -3.86. The van der Waals surface area contributed by atoms with Gasteiger partial charge in [0.25, 0.3) is 0 Å². The lowest BCUT2D eigenvalue weighted by atomic mass is 9.83. The molecule has 1 aliphatic heterocycles. The van der Waals surface area contributed by atoms with E-state index in [1.54, 1.807) is 0 Å². The summed E-state index contributed by atoms with van der Waals surface area (Å²) < 4.78 is 5.01. The van der Waals surface area contributed by atoms with Gasteiger partial charge in [0.15, 0.2) is 11.4 Å². The first-order chi connectivity index (χ1) is 8.29. The van der Waals surface area contributed by atoms with Crippen molar-refractivity contribution in [3.05, 3.63) is 0 Å². The van der Waals surface area contributed by atoms with Crippen LogP contribution < -0.4 is 0 Å². The summed E-state index contributed by atoms with van der Waals surface area (Å²) in [6.45, 7) is -0.719. The molecule has 1 aliphatic rings. The number of ketones is 1. The number of carbonyl (C=O) groups is 1. The summed E-state index contributed by atoms with van der Waals surface area (Å²) in [5, 5.41) is 56.7. The zero-order chi connectivity index (χ0) is 14.1. The van der Waals surface area contributed by atoms with E-state index in [-0.39, 0.29) is 0 Å². The highest BCUT2D eigenvalue weighted by molar-refractivity contribution is 5.85. The zero-order valence-electron chi connectivity index (χ0n) is 9.80.